The molecule has 0 aliphatic heterocycles. The number of amides is 1. The molecule has 1 amide bonds. The van der Waals surface area contributed by atoms with E-state index < -0.39 is 0 Å². The largest absolute Gasteiger partial charge is 0.384 e. The Labute approximate surface area is 88.9 Å². The van der Waals surface area contributed by atoms with Crippen molar-refractivity contribution >= 4 is 11.7 Å². The molecule has 0 radical (unpaired) electrons. The van der Waals surface area contributed by atoms with Gasteiger partial charge in [-0.3, -0.25) is 4.79 Å². The number of fused-ring (bicyclic) bond motifs is 1. The molecule has 1 aromatic heterocycles. The Morgan fingerprint density at radius 1 is 1.67 bits per heavy atom. The van der Waals surface area contributed by atoms with Crippen LogP contribution in [0.1, 0.15) is 37.1 Å². The maximum absolute atomic E-state index is 11.3. The lowest BCUT2D eigenvalue weighted by Gasteiger charge is -2.12. The summed E-state index contributed by atoms with van der Waals surface area (Å²) in [6, 6.07) is 3.88. The SMILES string of the molecule is CCC(=O)NC1CCc2nc(N)ccc21. The van der Waals surface area contributed by atoms with Crippen LogP contribution in [0.4, 0.5) is 5.82 Å². The Balaban J connectivity index is 2.18. The molecule has 0 fully saturated rings. The summed E-state index contributed by atoms with van der Waals surface area (Å²) in [6.07, 6.45) is 2.35. The lowest BCUT2D eigenvalue weighted by Crippen LogP contribution is -2.26. The smallest absolute Gasteiger partial charge is 0.220 e. The first-order chi connectivity index (χ1) is 7.20. The van der Waals surface area contributed by atoms with Crippen molar-refractivity contribution in [3.63, 3.8) is 0 Å². The number of pyridine rings is 1. The minimum absolute atomic E-state index is 0.0877. The molecule has 0 bridgehead atoms. The van der Waals surface area contributed by atoms with Crippen LogP contribution >= 0.6 is 0 Å². The van der Waals surface area contributed by atoms with Gasteiger partial charge in [0.2, 0.25) is 5.91 Å². The zero-order chi connectivity index (χ0) is 10.8. The third kappa shape index (κ3) is 1.93. The van der Waals surface area contributed by atoms with E-state index in [1.165, 1.54) is 0 Å². The number of aromatic nitrogens is 1. The average Bonchev–Trinajstić information content (AvgIpc) is 2.60. The normalized spacial score (nSPS) is 18.6. The number of carbonyl (C=O) groups excluding carboxylic acids is 1. The van der Waals surface area contributed by atoms with E-state index >= 15 is 0 Å². The zero-order valence-corrected chi connectivity index (χ0v) is 8.79. The van der Waals surface area contributed by atoms with Crippen LogP contribution in [0, 0.1) is 0 Å². The summed E-state index contributed by atoms with van der Waals surface area (Å²) in [4.78, 5) is 15.6. The van der Waals surface area contributed by atoms with Gasteiger partial charge in [-0.15, -0.1) is 0 Å². The van der Waals surface area contributed by atoms with Crippen LogP contribution in [0.25, 0.3) is 0 Å². The number of nitrogen functional groups attached to an aromatic ring is 1. The van der Waals surface area contributed by atoms with Crippen molar-refractivity contribution in [2.75, 3.05) is 5.73 Å². The van der Waals surface area contributed by atoms with Gasteiger partial charge in [0.05, 0.1) is 6.04 Å². The monoisotopic (exact) mass is 205 g/mol. The van der Waals surface area contributed by atoms with Crippen LogP contribution in [0.15, 0.2) is 12.1 Å². The lowest BCUT2D eigenvalue weighted by atomic mass is 10.1. The topological polar surface area (TPSA) is 68.0 Å². The number of anilines is 1. The molecule has 1 aliphatic rings. The standard InChI is InChI=1S/C11H15N3O/c1-2-11(15)14-9-5-4-8-7(9)3-6-10(12)13-8/h3,6,9H,2,4-5H2,1H3,(H2,12,13)(H,14,15). The first-order valence-corrected chi connectivity index (χ1v) is 5.25. The van der Waals surface area contributed by atoms with E-state index in [0.29, 0.717) is 12.2 Å². The number of nitrogens with one attached hydrogen (secondary N) is 1. The minimum Gasteiger partial charge on any atom is -0.384 e. The van der Waals surface area contributed by atoms with E-state index in [-0.39, 0.29) is 11.9 Å². The van der Waals surface area contributed by atoms with E-state index in [4.69, 9.17) is 5.73 Å². The van der Waals surface area contributed by atoms with Crippen molar-refractivity contribution in [1.82, 2.24) is 10.3 Å². The van der Waals surface area contributed by atoms with Crippen molar-refractivity contribution in [3.8, 4) is 0 Å². The molecule has 1 heterocycles. The summed E-state index contributed by atoms with van der Waals surface area (Å²) >= 11 is 0. The van der Waals surface area contributed by atoms with E-state index in [1.807, 2.05) is 13.0 Å². The van der Waals surface area contributed by atoms with Crippen molar-refractivity contribution in [2.45, 2.75) is 32.2 Å². The molecule has 3 N–H and O–H groups in total. The van der Waals surface area contributed by atoms with Gasteiger partial charge in [0.1, 0.15) is 5.82 Å². The highest BCUT2D eigenvalue weighted by atomic mass is 16.1. The van der Waals surface area contributed by atoms with E-state index in [2.05, 4.69) is 10.3 Å². The van der Waals surface area contributed by atoms with E-state index in [1.54, 1.807) is 6.07 Å². The predicted molar refractivity (Wildman–Crippen MR) is 58.1 cm³/mol. The Morgan fingerprint density at radius 2 is 2.47 bits per heavy atom. The highest BCUT2D eigenvalue weighted by molar-refractivity contribution is 5.76. The van der Waals surface area contributed by atoms with Crippen LogP contribution < -0.4 is 11.1 Å². The van der Waals surface area contributed by atoms with Crippen LogP contribution in [-0.2, 0) is 11.2 Å². The van der Waals surface area contributed by atoms with Gasteiger partial charge in [0.25, 0.3) is 0 Å². The van der Waals surface area contributed by atoms with Crippen LogP contribution in [0.5, 0.6) is 0 Å². The number of hydrogen-bond acceptors (Lipinski definition) is 3. The zero-order valence-electron chi connectivity index (χ0n) is 8.79. The fourth-order valence-corrected chi connectivity index (χ4v) is 1.93. The Bertz CT molecular complexity index is 389. The minimum atomic E-state index is 0.0877. The van der Waals surface area contributed by atoms with Crippen LogP contribution in [0.3, 0.4) is 0 Å². The van der Waals surface area contributed by atoms with Gasteiger partial charge < -0.3 is 11.1 Å². The summed E-state index contributed by atoms with van der Waals surface area (Å²) in [5.41, 5.74) is 7.75. The fraction of sp³-hybridized carbons (Fsp3) is 0.455. The lowest BCUT2D eigenvalue weighted by molar-refractivity contribution is -0.121. The Hall–Kier alpha value is -1.58. The van der Waals surface area contributed by atoms with Gasteiger partial charge in [-0.2, -0.15) is 0 Å². The van der Waals surface area contributed by atoms with Crippen molar-refractivity contribution in [2.24, 2.45) is 0 Å². The summed E-state index contributed by atoms with van der Waals surface area (Å²) in [5, 5.41) is 2.98. The average molecular weight is 205 g/mol. The van der Waals surface area contributed by atoms with Gasteiger partial charge in [0, 0.05) is 12.1 Å². The predicted octanol–water partition coefficient (Wildman–Crippen LogP) is 1.18. The molecular weight excluding hydrogens is 190 g/mol. The molecule has 2 rings (SSSR count). The molecular formula is C11H15N3O. The number of nitrogens with zero attached hydrogens (tertiary/aromatic N) is 1. The second-order valence-electron chi connectivity index (χ2n) is 3.78. The van der Waals surface area contributed by atoms with Crippen molar-refractivity contribution in [1.29, 1.82) is 0 Å². The molecule has 15 heavy (non-hydrogen) atoms. The third-order valence-electron chi connectivity index (χ3n) is 2.73. The maximum Gasteiger partial charge on any atom is 0.220 e. The number of nitrogens with two attached hydrogens (primary N) is 1. The molecule has 1 aromatic rings. The first-order valence-electron chi connectivity index (χ1n) is 5.25. The molecule has 0 aromatic carbocycles. The van der Waals surface area contributed by atoms with E-state index in [0.717, 1.165) is 24.1 Å². The molecule has 0 saturated carbocycles. The highest BCUT2D eigenvalue weighted by Crippen LogP contribution is 2.30. The molecule has 80 valence electrons. The van der Waals surface area contributed by atoms with Crippen LogP contribution in [0.2, 0.25) is 0 Å². The second-order valence-corrected chi connectivity index (χ2v) is 3.78. The maximum atomic E-state index is 11.3. The summed E-state index contributed by atoms with van der Waals surface area (Å²) in [5.74, 6) is 0.640. The van der Waals surface area contributed by atoms with Crippen molar-refractivity contribution in [3.05, 3.63) is 23.4 Å². The molecule has 1 atom stereocenters. The molecule has 4 heteroatoms. The summed E-state index contributed by atoms with van der Waals surface area (Å²) in [6.45, 7) is 1.85. The number of rotatable bonds is 2. The van der Waals surface area contributed by atoms with Crippen LogP contribution in [-0.4, -0.2) is 10.9 Å². The Kier molecular flexibility index (Phi) is 2.58. The summed E-state index contributed by atoms with van der Waals surface area (Å²) in [7, 11) is 0. The quantitative estimate of drug-likeness (QED) is 0.761. The van der Waals surface area contributed by atoms with E-state index in [9.17, 15) is 4.79 Å². The number of hydrogen-bond donors (Lipinski definition) is 2. The van der Waals surface area contributed by atoms with Gasteiger partial charge in [-0.05, 0) is 24.5 Å². The highest BCUT2D eigenvalue weighted by Gasteiger charge is 2.24. The molecule has 1 unspecified atom stereocenters. The summed E-state index contributed by atoms with van der Waals surface area (Å²) < 4.78 is 0. The fourth-order valence-electron chi connectivity index (χ4n) is 1.93. The van der Waals surface area contributed by atoms with Gasteiger partial charge in [0.15, 0.2) is 0 Å². The Morgan fingerprint density at radius 3 is 3.20 bits per heavy atom. The molecule has 1 aliphatic carbocycles. The van der Waals surface area contributed by atoms with Gasteiger partial charge in [-0.1, -0.05) is 13.0 Å². The number of carbonyl (C=O) groups is 1. The van der Waals surface area contributed by atoms with Crippen molar-refractivity contribution < 1.29 is 4.79 Å². The van der Waals surface area contributed by atoms with Gasteiger partial charge in [-0.25, -0.2) is 4.98 Å². The third-order valence-corrected chi connectivity index (χ3v) is 2.73. The second kappa shape index (κ2) is 3.88. The molecule has 4 nitrogen and oxygen atoms in total. The van der Waals surface area contributed by atoms with Gasteiger partial charge >= 0.3 is 0 Å². The number of aryl methyl sites for hydroxylation is 1. The first kappa shape index (κ1) is 9.96. The molecule has 0 saturated heterocycles. The molecule has 0 spiro atoms.